The second-order valence-electron chi connectivity index (χ2n) is 4.23. The zero-order valence-corrected chi connectivity index (χ0v) is 10.8. The van der Waals surface area contributed by atoms with Gasteiger partial charge in [0.05, 0.1) is 6.42 Å². The lowest BCUT2D eigenvalue weighted by molar-refractivity contribution is -0.145. The molecule has 0 heterocycles. The largest absolute Gasteiger partial charge is 0.481 e. The van der Waals surface area contributed by atoms with E-state index >= 15 is 0 Å². The van der Waals surface area contributed by atoms with E-state index in [4.69, 9.17) is 10.2 Å². The Morgan fingerprint density at radius 1 is 1.22 bits per heavy atom. The van der Waals surface area contributed by atoms with Crippen LogP contribution in [0.4, 0.5) is 4.79 Å². The van der Waals surface area contributed by atoms with E-state index in [1.54, 1.807) is 0 Å². The van der Waals surface area contributed by atoms with E-state index < -0.39 is 30.4 Å². The molecule has 1 atom stereocenters. The van der Waals surface area contributed by atoms with Crippen LogP contribution in [-0.4, -0.2) is 51.7 Å². The first kappa shape index (κ1) is 16.2. The van der Waals surface area contributed by atoms with Gasteiger partial charge < -0.3 is 20.4 Å². The van der Waals surface area contributed by atoms with Crippen LogP contribution in [0.1, 0.15) is 33.6 Å². The molecule has 0 aliphatic heterocycles. The first-order valence-electron chi connectivity index (χ1n) is 5.81. The fraction of sp³-hybridized carbons (Fsp3) is 0.727. The Balaban J connectivity index is 4.65. The summed E-state index contributed by atoms with van der Waals surface area (Å²) >= 11 is 0. The highest BCUT2D eigenvalue weighted by molar-refractivity contribution is 5.86. The van der Waals surface area contributed by atoms with Gasteiger partial charge in [-0.25, -0.2) is 9.59 Å². The van der Waals surface area contributed by atoms with Crippen LogP contribution in [0.5, 0.6) is 0 Å². The average Bonchev–Trinajstić information content (AvgIpc) is 2.23. The van der Waals surface area contributed by atoms with Crippen LogP contribution in [0, 0.1) is 0 Å². The van der Waals surface area contributed by atoms with Crippen LogP contribution in [0.25, 0.3) is 0 Å². The van der Waals surface area contributed by atoms with E-state index in [2.05, 4.69) is 5.32 Å². The molecule has 0 aromatic heterocycles. The van der Waals surface area contributed by atoms with Gasteiger partial charge in [-0.3, -0.25) is 4.79 Å². The lowest BCUT2D eigenvalue weighted by Gasteiger charge is -2.27. The van der Waals surface area contributed by atoms with Gasteiger partial charge in [0.2, 0.25) is 0 Å². The minimum absolute atomic E-state index is 0.0794. The Morgan fingerprint density at radius 2 is 1.78 bits per heavy atom. The van der Waals surface area contributed by atoms with Gasteiger partial charge in [0.1, 0.15) is 6.04 Å². The Kier molecular flexibility index (Phi) is 6.77. The minimum Gasteiger partial charge on any atom is -0.481 e. The predicted octanol–water partition coefficient (Wildman–Crippen LogP) is 0.744. The zero-order valence-electron chi connectivity index (χ0n) is 10.8. The fourth-order valence-corrected chi connectivity index (χ4v) is 1.44. The van der Waals surface area contributed by atoms with Crippen molar-refractivity contribution in [2.24, 2.45) is 0 Å². The molecule has 2 amide bonds. The maximum Gasteiger partial charge on any atom is 0.326 e. The molecule has 104 valence electrons. The molecule has 0 saturated carbocycles. The van der Waals surface area contributed by atoms with Crippen molar-refractivity contribution < 1.29 is 24.6 Å². The normalized spacial score (nSPS) is 12.0. The Labute approximate surface area is 106 Å². The number of urea groups is 1. The van der Waals surface area contributed by atoms with E-state index in [1.807, 2.05) is 20.8 Å². The number of nitrogens with zero attached hydrogens (tertiary/aromatic N) is 1. The summed E-state index contributed by atoms with van der Waals surface area (Å²) in [6.07, 6.45) is 0.0986. The average molecular weight is 260 g/mol. The van der Waals surface area contributed by atoms with Crippen molar-refractivity contribution in [1.29, 1.82) is 0 Å². The quantitative estimate of drug-likeness (QED) is 0.626. The van der Waals surface area contributed by atoms with E-state index in [-0.39, 0.29) is 6.04 Å². The second kappa shape index (κ2) is 7.52. The first-order chi connectivity index (χ1) is 8.29. The molecule has 7 heteroatoms. The first-order valence-corrected chi connectivity index (χ1v) is 5.81. The van der Waals surface area contributed by atoms with Crippen LogP contribution in [0.15, 0.2) is 0 Å². The Bertz CT molecular complexity index is 317. The molecule has 0 aromatic carbocycles. The van der Waals surface area contributed by atoms with Crippen LogP contribution < -0.4 is 5.32 Å². The molecule has 7 nitrogen and oxygen atoms in total. The number of aliphatic carboxylic acids is 2. The van der Waals surface area contributed by atoms with Gasteiger partial charge in [-0.1, -0.05) is 6.92 Å². The number of hydrogen-bond donors (Lipinski definition) is 3. The Morgan fingerprint density at radius 3 is 2.11 bits per heavy atom. The molecule has 3 N–H and O–H groups in total. The van der Waals surface area contributed by atoms with E-state index in [0.29, 0.717) is 6.54 Å². The number of carbonyl (C=O) groups excluding carboxylic acids is 1. The molecule has 0 aliphatic rings. The summed E-state index contributed by atoms with van der Waals surface area (Å²) in [5.41, 5.74) is 0. The highest BCUT2D eigenvalue weighted by Crippen LogP contribution is 2.02. The molecule has 0 aromatic rings. The molecular weight excluding hydrogens is 240 g/mol. The summed E-state index contributed by atoms with van der Waals surface area (Å²) < 4.78 is 0. The van der Waals surface area contributed by atoms with Gasteiger partial charge in [-0.2, -0.15) is 0 Å². The number of amides is 2. The van der Waals surface area contributed by atoms with Crippen molar-refractivity contribution in [2.45, 2.75) is 45.7 Å². The van der Waals surface area contributed by atoms with Gasteiger partial charge in [0, 0.05) is 12.6 Å². The molecular formula is C11H20N2O5. The highest BCUT2D eigenvalue weighted by atomic mass is 16.4. The van der Waals surface area contributed by atoms with Gasteiger partial charge in [0.25, 0.3) is 0 Å². The van der Waals surface area contributed by atoms with E-state index in [9.17, 15) is 14.4 Å². The van der Waals surface area contributed by atoms with E-state index in [1.165, 1.54) is 4.90 Å². The van der Waals surface area contributed by atoms with Crippen LogP contribution >= 0.6 is 0 Å². The summed E-state index contributed by atoms with van der Waals surface area (Å²) in [5.74, 6) is -2.62. The lowest BCUT2D eigenvalue weighted by Crippen LogP contribution is -2.51. The summed E-state index contributed by atoms with van der Waals surface area (Å²) in [5, 5.41) is 19.6. The number of hydrogen-bond acceptors (Lipinski definition) is 3. The number of carbonyl (C=O) groups is 3. The summed E-state index contributed by atoms with van der Waals surface area (Å²) in [6, 6.07) is -2.04. The standard InChI is InChI=1S/C11H20N2O5/c1-4-5-13(7(2)3)11(18)12-8(10(16)17)6-9(14)15/h7-8H,4-6H2,1-3H3,(H,12,18)(H,14,15)(H,16,17)/t8-/m0/s1. The van der Waals surface area contributed by atoms with Crippen molar-refractivity contribution in [1.82, 2.24) is 10.2 Å². The minimum atomic E-state index is -1.41. The number of rotatable bonds is 7. The number of nitrogens with one attached hydrogen (secondary N) is 1. The van der Waals surface area contributed by atoms with Gasteiger partial charge >= 0.3 is 18.0 Å². The molecule has 0 fully saturated rings. The SMILES string of the molecule is CCCN(C(=O)N[C@@H](CC(=O)O)C(=O)O)C(C)C. The van der Waals surface area contributed by atoms with Crippen molar-refractivity contribution in [2.75, 3.05) is 6.54 Å². The molecule has 0 saturated heterocycles. The number of carboxylic acids is 2. The molecule has 0 spiro atoms. The fourth-order valence-electron chi connectivity index (χ4n) is 1.44. The molecule has 0 bridgehead atoms. The maximum absolute atomic E-state index is 11.8. The van der Waals surface area contributed by atoms with Gasteiger partial charge in [0.15, 0.2) is 0 Å². The second-order valence-corrected chi connectivity index (χ2v) is 4.23. The van der Waals surface area contributed by atoms with Crippen molar-refractivity contribution in [3.63, 3.8) is 0 Å². The van der Waals surface area contributed by atoms with Crippen LogP contribution in [-0.2, 0) is 9.59 Å². The summed E-state index contributed by atoms with van der Waals surface area (Å²) in [6.45, 7) is 6.00. The monoisotopic (exact) mass is 260 g/mol. The molecule has 0 radical (unpaired) electrons. The third-order valence-electron chi connectivity index (χ3n) is 2.32. The smallest absolute Gasteiger partial charge is 0.326 e. The lowest BCUT2D eigenvalue weighted by atomic mass is 10.2. The third kappa shape index (κ3) is 5.51. The summed E-state index contributed by atoms with van der Waals surface area (Å²) in [7, 11) is 0. The third-order valence-corrected chi connectivity index (χ3v) is 2.32. The van der Waals surface area contributed by atoms with Crippen molar-refractivity contribution >= 4 is 18.0 Å². The Hall–Kier alpha value is -1.79. The van der Waals surface area contributed by atoms with Gasteiger partial charge in [-0.15, -0.1) is 0 Å². The van der Waals surface area contributed by atoms with Crippen LogP contribution in [0.3, 0.4) is 0 Å². The van der Waals surface area contributed by atoms with Gasteiger partial charge in [-0.05, 0) is 20.3 Å². The molecule has 0 rings (SSSR count). The molecule has 0 unspecified atom stereocenters. The zero-order chi connectivity index (χ0) is 14.3. The van der Waals surface area contributed by atoms with Crippen LogP contribution in [0.2, 0.25) is 0 Å². The summed E-state index contributed by atoms with van der Waals surface area (Å²) in [4.78, 5) is 34.6. The van der Waals surface area contributed by atoms with Crippen molar-refractivity contribution in [3.8, 4) is 0 Å². The number of carboxylic acid groups (broad SMARTS) is 2. The van der Waals surface area contributed by atoms with E-state index in [0.717, 1.165) is 6.42 Å². The topological polar surface area (TPSA) is 107 Å². The predicted molar refractivity (Wildman–Crippen MR) is 64.3 cm³/mol. The molecule has 0 aliphatic carbocycles. The maximum atomic E-state index is 11.8. The van der Waals surface area contributed by atoms with Crippen molar-refractivity contribution in [3.05, 3.63) is 0 Å². The molecule has 18 heavy (non-hydrogen) atoms. The highest BCUT2D eigenvalue weighted by Gasteiger charge is 2.26.